The molecule has 2 aliphatic rings. The molecule has 186 valence electrons. The minimum Gasteiger partial charge on any atom is -0.444 e. The van der Waals surface area contributed by atoms with E-state index in [9.17, 15) is 9.90 Å². The third kappa shape index (κ3) is 4.31. The fourth-order valence-electron chi connectivity index (χ4n) is 5.61. The molecule has 0 aliphatic carbocycles. The summed E-state index contributed by atoms with van der Waals surface area (Å²) >= 11 is 0. The number of carbonyl (C=O) groups excluding carboxylic acids is 1. The molecule has 4 aromatic rings. The van der Waals surface area contributed by atoms with Crippen LogP contribution in [0.15, 0.2) is 53.3 Å². The van der Waals surface area contributed by atoms with Crippen molar-refractivity contribution in [3.8, 4) is 11.5 Å². The number of piperidine rings is 1. The summed E-state index contributed by atoms with van der Waals surface area (Å²) in [5, 5.41) is 23.3. The van der Waals surface area contributed by atoms with E-state index in [4.69, 9.17) is 9.52 Å². The maximum absolute atomic E-state index is 13.1. The van der Waals surface area contributed by atoms with Gasteiger partial charge >= 0.3 is 0 Å². The second-order valence-electron chi connectivity index (χ2n) is 10.7. The monoisotopic (exact) mass is 485 g/mol. The molecule has 0 radical (unpaired) electrons. The van der Waals surface area contributed by atoms with Crippen molar-refractivity contribution in [1.82, 2.24) is 20.1 Å². The molecule has 1 amide bonds. The van der Waals surface area contributed by atoms with Crippen LogP contribution in [-0.2, 0) is 5.60 Å². The molecule has 2 bridgehead atoms. The SMILES string of the molecule is Cc1cccc(-c2nc(C(=O)Nc3cc4cn(C5CC6CCC(C5)N6)nc4cc3C(C)(C)O)co2)c1. The van der Waals surface area contributed by atoms with Gasteiger partial charge in [0.2, 0.25) is 5.89 Å². The normalized spacial score (nSPS) is 21.7. The minimum absolute atomic E-state index is 0.175. The zero-order valence-corrected chi connectivity index (χ0v) is 20.8. The number of hydrogen-bond acceptors (Lipinski definition) is 6. The van der Waals surface area contributed by atoms with Crippen LogP contribution in [0.1, 0.15) is 67.2 Å². The van der Waals surface area contributed by atoms with Gasteiger partial charge in [0.25, 0.3) is 5.91 Å². The van der Waals surface area contributed by atoms with E-state index in [0.29, 0.717) is 35.3 Å². The first-order valence-electron chi connectivity index (χ1n) is 12.6. The van der Waals surface area contributed by atoms with Crippen LogP contribution >= 0.6 is 0 Å². The Balaban J connectivity index is 1.30. The molecular weight excluding hydrogens is 454 g/mol. The van der Waals surface area contributed by atoms with Crippen molar-refractivity contribution in [2.45, 2.75) is 70.2 Å². The average Bonchev–Trinajstić information content (AvgIpc) is 3.56. The third-order valence-corrected chi connectivity index (χ3v) is 7.39. The number of anilines is 1. The molecular formula is C28H31N5O3. The standard InChI is InChI=1S/C28H31N5O3/c1-16-5-4-6-17(9-16)27-31-25(15-36-27)26(34)30-24-10-18-14-33(21-11-19-7-8-20(12-21)29-19)32-23(18)13-22(24)28(2,3)35/h4-6,9-10,13-15,19-21,29,35H,7-8,11-12H2,1-3H3,(H,30,34). The van der Waals surface area contributed by atoms with Gasteiger partial charge in [0, 0.05) is 40.5 Å². The lowest BCUT2D eigenvalue weighted by Crippen LogP contribution is -2.38. The number of benzene rings is 2. The van der Waals surface area contributed by atoms with Gasteiger partial charge in [0.15, 0.2) is 5.69 Å². The average molecular weight is 486 g/mol. The van der Waals surface area contributed by atoms with Crippen molar-refractivity contribution in [2.75, 3.05) is 5.32 Å². The number of carbonyl (C=O) groups is 1. The largest absolute Gasteiger partial charge is 0.444 e. The van der Waals surface area contributed by atoms with Gasteiger partial charge in [-0.2, -0.15) is 5.10 Å². The first-order chi connectivity index (χ1) is 17.2. The van der Waals surface area contributed by atoms with E-state index in [0.717, 1.165) is 34.9 Å². The van der Waals surface area contributed by atoms with Crippen LogP contribution in [0.5, 0.6) is 0 Å². The van der Waals surface area contributed by atoms with E-state index in [2.05, 4.69) is 26.5 Å². The molecule has 6 rings (SSSR count). The maximum Gasteiger partial charge on any atom is 0.277 e. The Bertz CT molecular complexity index is 1440. The van der Waals surface area contributed by atoms with Crippen LogP contribution in [0.4, 0.5) is 5.69 Å². The molecule has 2 aliphatic heterocycles. The molecule has 2 fully saturated rings. The summed E-state index contributed by atoms with van der Waals surface area (Å²) in [6, 6.07) is 13.0. The van der Waals surface area contributed by atoms with Crippen LogP contribution in [0, 0.1) is 6.92 Å². The summed E-state index contributed by atoms with van der Waals surface area (Å²) in [6.07, 6.45) is 8.02. The molecule has 8 nitrogen and oxygen atoms in total. The highest BCUT2D eigenvalue weighted by molar-refractivity contribution is 6.04. The highest BCUT2D eigenvalue weighted by Gasteiger charge is 2.35. The van der Waals surface area contributed by atoms with Crippen molar-refractivity contribution >= 4 is 22.5 Å². The molecule has 2 atom stereocenters. The number of oxazole rings is 1. The van der Waals surface area contributed by atoms with Gasteiger partial charge in [-0.05, 0) is 70.7 Å². The number of nitrogens with one attached hydrogen (secondary N) is 2. The van der Waals surface area contributed by atoms with E-state index in [1.165, 1.54) is 19.1 Å². The molecule has 3 N–H and O–H groups in total. The highest BCUT2D eigenvalue weighted by atomic mass is 16.3. The van der Waals surface area contributed by atoms with Gasteiger partial charge in [0.05, 0.1) is 17.2 Å². The molecule has 2 saturated heterocycles. The number of nitrogens with zero attached hydrogens (tertiary/aromatic N) is 3. The Kier molecular flexibility index (Phi) is 5.46. The molecule has 0 saturated carbocycles. The predicted molar refractivity (Wildman–Crippen MR) is 138 cm³/mol. The lowest BCUT2D eigenvalue weighted by atomic mass is 9.95. The van der Waals surface area contributed by atoms with Gasteiger partial charge in [-0.15, -0.1) is 0 Å². The Labute approximate surface area is 209 Å². The van der Waals surface area contributed by atoms with E-state index < -0.39 is 11.5 Å². The predicted octanol–water partition coefficient (Wildman–Crippen LogP) is 4.93. The van der Waals surface area contributed by atoms with Crippen LogP contribution in [0.25, 0.3) is 22.4 Å². The van der Waals surface area contributed by atoms with Crippen LogP contribution in [0.3, 0.4) is 0 Å². The van der Waals surface area contributed by atoms with E-state index in [1.807, 2.05) is 43.3 Å². The van der Waals surface area contributed by atoms with Crippen LogP contribution in [0.2, 0.25) is 0 Å². The Hall–Kier alpha value is -3.49. The smallest absolute Gasteiger partial charge is 0.277 e. The lowest BCUT2D eigenvalue weighted by molar-refractivity contribution is 0.0793. The topological polar surface area (TPSA) is 105 Å². The number of amides is 1. The van der Waals surface area contributed by atoms with Gasteiger partial charge < -0.3 is 20.2 Å². The number of rotatable bonds is 5. The van der Waals surface area contributed by atoms with Gasteiger partial charge in [0.1, 0.15) is 6.26 Å². The van der Waals surface area contributed by atoms with Gasteiger partial charge in [-0.3, -0.25) is 9.48 Å². The lowest BCUT2D eigenvalue weighted by Gasteiger charge is -2.29. The summed E-state index contributed by atoms with van der Waals surface area (Å²) in [7, 11) is 0. The third-order valence-electron chi connectivity index (χ3n) is 7.39. The molecule has 36 heavy (non-hydrogen) atoms. The summed E-state index contributed by atoms with van der Waals surface area (Å²) in [5.41, 5.74) is 2.83. The maximum atomic E-state index is 13.1. The van der Waals surface area contributed by atoms with E-state index in [1.54, 1.807) is 13.8 Å². The van der Waals surface area contributed by atoms with Crippen LogP contribution in [-0.4, -0.2) is 37.9 Å². The summed E-state index contributed by atoms with van der Waals surface area (Å²) in [4.78, 5) is 17.5. The number of aryl methyl sites for hydroxylation is 1. The second-order valence-corrected chi connectivity index (χ2v) is 10.7. The van der Waals surface area contributed by atoms with Crippen molar-refractivity contribution < 1.29 is 14.3 Å². The highest BCUT2D eigenvalue weighted by Crippen LogP contribution is 2.36. The fraction of sp³-hybridized carbons (Fsp3) is 0.393. The molecule has 4 heterocycles. The molecule has 2 aromatic heterocycles. The van der Waals surface area contributed by atoms with Crippen molar-refractivity contribution in [3.05, 3.63) is 65.7 Å². The molecule has 2 aromatic carbocycles. The number of aliphatic hydroxyl groups is 1. The first kappa shape index (κ1) is 22.9. The Morgan fingerprint density at radius 2 is 1.97 bits per heavy atom. The van der Waals surface area contributed by atoms with E-state index in [-0.39, 0.29) is 5.69 Å². The molecule has 8 heteroatoms. The summed E-state index contributed by atoms with van der Waals surface area (Å²) in [6.45, 7) is 5.40. The molecule has 0 spiro atoms. The van der Waals surface area contributed by atoms with Crippen molar-refractivity contribution in [1.29, 1.82) is 0 Å². The Morgan fingerprint density at radius 3 is 2.69 bits per heavy atom. The van der Waals surface area contributed by atoms with Gasteiger partial charge in [-0.25, -0.2) is 4.98 Å². The quantitative estimate of drug-likeness (QED) is 0.370. The van der Waals surface area contributed by atoms with Gasteiger partial charge in [-0.1, -0.05) is 17.7 Å². The van der Waals surface area contributed by atoms with Crippen molar-refractivity contribution in [3.63, 3.8) is 0 Å². The van der Waals surface area contributed by atoms with E-state index >= 15 is 0 Å². The number of fused-ring (bicyclic) bond motifs is 3. The minimum atomic E-state index is -1.18. The summed E-state index contributed by atoms with van der Waals surface area (Å²) in [5.74, 6) is -0.0101. The molecule has 2 unspecified atom stereocenters. The summed E-state index contributed by atoms with van der Waals surface area (Å²) < 4.78 is 7.66. The zero-order chi connectivity index (χ0) is 25.0. The Morgan fingerprint density at radius 1 is 1.19 bits per heavy atom. The number of hydrogen-bond donors (Lipinski definition) is 3. The number of aromatic nitrogens is 3. The van der Waals surface area contributed by atoms with Crippen LogP contribution < -0.4 is 10.6 Å². The van der Waals surface area contributed by atoms with Crippen molar-refractivity contribution in [2.24, 2.45) is 0 Å². The first-order valence-corrected chi connectivity index (χ1v) is 12.6. The zero-order valence-electron chi connectivity index (χ0n) is 20.8. The fourth-order valence-corrected chi connectivity index (χ4v) is 5.61. The second kappa shape index (κ2) is 8.57.